The molecule has 0 N–H and O–H groups in total. The Bertz CT molecular complexity index is 1190. The largest absolute Gasteiger partial charge is 0.310 e. The Balaban J connectivity index is -0.000000638. The fourth-order valence-electron chi connectivity index (χ4n) is 2.27. The van der Waals surface area contributed by atoms with Gasteiger partial charge in [-0.3, -0.25) is 0 Å². The molecule has 31 heteroatoms. The molecule has 5 unspecified atom stereocenters. The number of alkyl halides is 1. The van der Waals surface area contributed by atoms with Crippen molar-refractivity contribution < 1.29 is 49.6 Å². The van der Waals surface area contributed by atoms with Crippen molar-refractivity contribution in [2.24, 2.45) is 0 Å². The van der Waals surface area contributed by atoms with Gasteiger partial charge in [0.1, 0.15) is 57.5 Å². The summed E-state index contributed by atoms with van der Waals surface area (Å²) in [6.07, 6.45) is -5.19. The second kappa shape index (κ2) is 32.6. The molecule has 0 aliphatic carbocycles. The van der Waals surface area contributed by atoms with E-state index in [2.05, 4.69) is 40.1 Å². The van der Waals surface area contributed by atoms with Crippen LogP contribution in [-0.4, -0.2) is 90.0 Å². The predicted octanol–water partition coefficient (Wildman–Crippen LogP) is 2.70. The monoisotopic (exact) mass is 842 g/mol. The molecule has 5 atom stereocenters. The summed E-state index contributed by atoms with van der Waals surface area (Å²) in [5.74, 6) is 0.204. The third-order valence-electron chi connectivity index (χ3n) is 3.98. The molecular weight excluding hydrogens is 824 g/mol. The van der Waals surface area contributed by atoms with Crippen LogP contribution in [0.3, 0.4) is 0 Å². The topological polar surface area (TPSA) is 381 Å². The van der Waals surface area contributed by atoms with E-state index in [0.717, 1.165) is 23.5 Å². The van der Waals surface area contributed by atoms with E-state index in [0.29, 0.717) is 47.5 Å². The standard InChI is InChI=1S/C6H6N4O6S2.C6H7N3O3S2.C5H6BrN3O6S/c7-3-17-1-5(15-9(11)12)6(2-18-4-8)16-10(13)14;7-4-13-2-1-6(3-14-5-8)12-9(10)11;6-1-4(14-8(10)11)5(2-16-3-7)15-9(12)13/h5-6H,1-2H2;6H,1-3H2;4-5H,1-2H2. The Hall–Kier alpha value is -4.32. The summed E-state index contributed by atoms with van der Waals surface area (Å²) in [6, 6.07) is 0. The zero-order valence-corrected chi connectivity index (χ0v) is 29.0. The van der Waals surface area contributed by atoms with Crippen LogP contribution in [0.2, 0.25) is 0 Å². The number of thiocyanates is 5. The second-order valence-electron chi connectivity index (χ2n) is 6.91. The smallest absolute Gasteiger partial charge is 0.294 e. The number of hydrogen-bond donors (Lipinski definition) is 0. The number of thioether (sulfide) groups is 5. The Morgan fingerprint density at radius 1 is 0.500 bits per heavy atom. The maximum absolute atomic E-state index is 10.2. The van der Waals surface area contributed by atoms with E-state index in [9.17, 15) is 50.6 Å². The average molecular weight is 844 g/mol. The Kier molecular flexibility index (Phi) is 32.7. The third kappa shape index (κ3) is 31.7. The molecule has 0 saturated carbocycles. The highest BCUT2D eigenvalue weighted by molar-refractivity contribution is 9.09. The molecule has 0 saturated heterocycles. The fourth-order valence-corrected chi connectivity index (χ4v) is 5.31. The molecule has 0 aromatic heterocycles. The molecule has 0 aliphatic rings. The second-order valence-corrected chi connectivity index (χ2v) is 11.7. The van der Waals surface area contributed by atoms with Crippen LogP contribution in [0.1, 0.15) is 6.42 Å². The van der Waals surface area contributed by atoms with Gasteiger partial charge in [0.2, 0.25) is 0 Å². The van der Waals surface area contributed by atoms with Gasteiger partial charge in [-0.2, -0.15) is 26.3 Å². The van der Waals surface area contributed by atoms with E-state index >= 15 is 0 Å². The van der Waals surface area contributed by atoms with Gasteiger partial charge in [0.05, 0.1) is 0 Å². The van der Waals surface area contributed by atoms with E-state index in [-0.39, 0.29) is 28.3 Å². The zero-order chi connectivity index (χ0) is 37.3. The van der Waals surface area contributed by atoms with Crippen LogP contribution in [0.5, 0.6) is 0 Å². The van der Waals surface area contributed by atoms with Gasteiger partial charge < -0.3 is 24.2 Å². The van der Waals surface area contributed by atoms with Crippen LogP contribution in [0.4, 0.5) is 0 Å². The van der Waals surface area contributed by atoms with Crippen LogP contribution < -0.4 is 0 Å². The van der Waals surface area contributed by atoms with Crippen molar-refractivity contribution >= 4 is 74.7 Å². The molecule has 0 aromatic rings. The first-order valence-electron chi connectivity index (χ1n) is 11.4. The summed E-state index contributed by atoms with van der Waals surface area (Å²) in [5, 5.41) is 95.5. The van der Waals surface area contributed by atoms with E-state index in [4.69, 9.17) is 26.3 Å². The molecule has 0 bridgehead atoms. The summed E-state index contributed by atoms with van der Waals surface area (Å²) in [7, 11) is 0. The number of halogens is 1. The Morgan fingerprint density at radius 2 is 0.792 bits per heavy atom. The van der Waals surface area contributed by atoms with Gasteiger partial charge in [-0.1, -0.05) is 15.9 Å². The number of hydrogen-bond acceptors (Lipinski definition) is 25. The zero-order valence-electron chi connectivity index (χ0n) is 23.4. The third-order valence-corrected chi connectivity index (χ3v) is 7.73. The van der Waals surface area contributed by atoms with Crippen molar-refractivity contribution in [3.8, 4) is 27.0 Å². The molecule has 25 nitrogen and oxygen atoms in total. The SMILES string of the molecule is N#CSCC(O[N+](=O)[O-])C(CBr)O[N+](=O)[O-].N#CSCC(O[N+](=O)[O-])C(CSC#N)O[N+](=O)[O-].N#CSCCC(CSC#N)O[N+](=O)[O-]. The van der Waals surface area contributed by atoms with Gasteiger partial charge >= 0.3 is 0 Å². The predicted molar refractivity (Wildman–Crippen MR) is 168 cm³/mol. The van der Waals surface area contributed by atoms with Gasteiger partial charge in [-0.15, -0.1) is 50.6 Å². The lowest BCUT2D eigenvalue weighted by Gasteiger charge is -2.21. The quantitative estimate of drug-likeness (QED) is 0.0443. The highest BCUT2D eigenvalue weighted by Gasteiger charge is 2.29. The molecule has 264 valence electrons. The van der Waals surface area contributed by atoms with Crippen molar-refractivity contribution in [1.82, 2.24) is 0 Å². The maximum atomic E-state index is 10.2. The first-order chi connectivity index (χ1) is 22.7. The molecular formula is C17H19BrN10O15S5. The van der Waals surface area contributed by atoms with Gasteiger partial charge in [0.25, 0.3) is 25.4 Å². The van der Waals surface area contributed by atoms with Gasteiger partial charge in [0, 0.05) is 34.1 Å². The molecule has 48 heavy (non-hydrogen) atoms. The summed E-state index contributed by atoms with van der Waals surface area (Å²) in [6.45, 7) is 0. The lowest BCUT2D eigenvalue weighted by atomic mass is 10.2. The fraction of sp³-hybridized carbons (Fsp3) is 0.706. The summed E-state index contributed by atoms with van der Waals surface area (Å²) in [4.78, 5) is 71.8. The lowest BCUT2D eigenvalue weighted by Crippen LogP contribution is -2.38. The first-order valence-corrected chi connectivity index (χ1v) is 17.4. The highest BCUT2D eigenvalue weighted by Crippen LogP contribution is 2.16. The Labute approximate surface area is 298 Å². The van der Waals surface area contributed by atoms with Crippen LogP contribution >= 0.6 is 74.7 Å². The van der Waals surface area contributed by atoms with Gasteiger partial charge in [-0.05, 0) is 65.2 Å². The van der Waals surface area contributed by atoms with Crippen molar-refractivity contribution in [3.63, 3.8) is 0 Å². The van der Waals surface area contributed by atoms with Crippen molar-refractivity contribution in [3.05, 3.63) is 50.6 Å². The van der Waals surface area contributed by atoms with Gasteiger partial charge in [0.15, 0.2) is 0 Å². The van der Waals surface area contributed by atoms with Gasteiger partial charge in [-0.25, -0.2) is 0 Å². The normalized spacial score (nSPS) is 12.3. The van der Waals surface area contributed by atoms with Crippen LogP contribution in [0, 0.1) is 104 Å². The van der Waals surface area contributed by atoms with E-state index in [1.807, 2.05) is 5.40 Å². The van der Waals surface area contributed by atoms with E-state index in [1.54, 1.807) is 21.6 Å². The molecule has 0 rings (SSSR count). The molecule has 0 amide bonds. The molecule has 0 radical (unpaired) electrons. The van der Waals surface area contributed by atoms with Crippen LogP contribution in [0.25, 0.3) is 0 Å². The summed E-state index contributed by atoms with van der Waals surface area (Å²) >= 11 is 6.75. The Morgan fingerprint density at radius 3 is 1.08 bits per heavy atom. The molecule has 0 fully saturated rings. The number of nitriles is 5. The average Bonchev–Trinajstić information content (AvgIpc) is 3.00. The molecule has 0 aliphatic heterocycles. The minimum absolute atomic E-state index is 0.0293. The van der Waals surface area contributed by atoms with Crippen LogP contribution in [0.15, 0.2) is 0 Å². The molecule has 0 aromatic carbocycles. The van der Waals surface area contributed by atoms with E-state index in [1.165, 1.54) is 0 Å². The lowest BCUT2D eigenvalue weighted by molar-refractivity contribution is -0.796. The number of nitrogens with zero attached hydrogens (tertiary/aromatic N) is 10. The molecule has 0 spiro atoms. The minimum Gasteiger partial charge on any atom is -0.310 e. The van der Waals surface area contributed by atoms with E-state index < -0.39 is 56.0 Å². The minimum atomic E-state index is -1.31. The highest BCUT2D eigenvalue weighted by atomic mass is 79.9. The van der Waals surface area contributed by atoms with Crippen LogP contribution in [-0.2, 0) is 24.2 Å². The number of rotatable bonds is 24. The first kappa shape index (κ1) is 48.1. The summed E-state index contributed by atoms with van der Waals surface area (Å²) in [5.41, 5.74) is 0. The molecule has 0 heterocycles. The maximum Gasteiger partial charge on any atom is 0.294 e. The van der Waals surface area contributed by atoms with Crippen molar-refractivity contribution in [1.29, 1.82) is 26.3 Å². The summed E-state index contributed by atoms with van der Waals surface area (Å²) < 4.78 is 0. The van der Waals surface area contributed by atoms with Crippen molar-refractivity contribution in [2.45, 2.75) is 36.9 Å². The van der Waals surface area contributed by atoms with Crippen molar-refractivity contribution in [2.75, 3.05) is 34.1 Å².